The van der Waals surface area contributed by atoms with Crippen molar-refractivity contribution in [2.45, 2.75) is 26.2 Å². The van der Waals surface area contributed by atoms with Crippen molar-refractivity contribution in [1.82, 2.24) is 14.1 Å². The Balaban J connectivity index is 1.10. The van der Waals surface area contributed by atoms with Crippen LogP contribution in [0.4, 0.5) is 5.69 Å². The van der Waals surface area contributed by atoms with E-state index in [4.69, 9.17) is 30.0 Å². The fourth-order valence-corrected chi connectivity index (χ4v) is 8.46. The summed E-state index contributed by atoms with van der Waals surface area (Å²) in [6.45, 7) is 14.7. The van der Waals surface area contributed by atoms with E-state index in [1.807, 2.05) is 60.8 Å². The lowest BCUT2D eigenvalue weighted by Crippen LogP contribution is -2.31. The molecular formula is C59H43N5O. The van der Waals surface area contributed by atoms with Crippen molar-refractivity contribution < 1.29 is 23.0 Å². The van der Waals surface area contributed by atoms with Gasteiger partial charge >= 0.3 is 0 Å². The molecule has 3 aromatic heterocycles. The van der Waals surface area contributed by atoms with Crippen LogP contribution in [0.2, 0.25) is 0 Å². The van der Waals surface area contributed by atoms with Gasteiger partial charge in [0.05, 0.1) is 53.7 Å². The van der Waals surface area contributed by atoms with Crippen molar-refractivity contribution in [3.8, 4) is 62.1 Å². The van der Waals surface area contributed by atoms with E-state index in [9.17, 15) is 0 Å². The Bertz CT molecular complexity index is 4090. The van der Waals surface area contributed by atoms with E-state index in [0.29, 0.717) is 28.2 Å². The summed E-state index contributed by atoms with van der Waals surface area (Å²) in [4.78, 5) is 8.72. The highest BCUT2D eigenvalue weighted by Crippen LogP contribution is 2.40. The number of ether oxygens (including phenoxy) is 1. The van der Waals surface area contributed by atoms with Gasteiger partial charge in [-0.2, -0.15) is 0 Å². The minimum absolute atomic E-state index is 0.115. The van der Waals surface area contributed by atoms with Crippen LogP contribution in [-0.4, -0.2) is 14.1 Å². The molecule has 0 bridgehead atoms. The lowest BCUT2D eigenvalue weighted by molar-refractivity contribution is -0.571. The van der Waals surface area contributed by atoms with Crippen LogP contribution in [0, 0.1) is 12.9 Å². The van der Waals surface area contributed by atoms with E-state index < -0.39 is 60.4 Å². The molecule has 3 heterocycles. The van der Waals surface area contributed by atoms with Crippen molar-refractivity contribution in [2.75, 3.05) is 0 Å². The summed E-state index contributed by atoms with van der Waals surface area (Å²) in [5.74, 6) is 1.56. The van der Waals surface area contributed by atoms with Crippen LogP contribution in [-0.2, 0) is 5.41 Å². The average Bonchev–Trinajstić information content (AvgIpc) is 4.03. The van der Waals surface area contributed by atoms with Crippen molar-refractivity contribution in [3.05, 3.63) is 229 Å². The lowest BCUT2D eigenvalue weighted by atomic mass is 9.88. The minimum atomic E-state index is -0.590. The van der Waals surface area contributed by atoms with E-state index >= 15 is 0 Å². The molecule has 8 aromatic carbocycles. The van der Waals surface area contributed by atoms with Crippen LogP contribution >= 0.6 is 0 Å². The summed E-state index contributed by atoms with van der Waals surface area (Å²) in [5, 5.41) is 2.02. The molecule has 0 N–H and O–H groups in total. The second-order valence-electron chi connectivity index (χ2n) is 16.6. The number of rotatable bonds is 8. The van der Waals surface area contributed by atoms with Crippen LogP contribution in [0.25, 0.3) is 88.3 Å². The van der Waals surface area contributed by atoms with Gasteiger partial charge in [-0.25, -0.2) is 9.83 Å². The minimum Gasteiger partial charge on any atom is -0.459 e. The molecule has 0 unspecified atom stereocenters. The Morgan fingerprint density at radius 3 is 2.06 bits per heavy atom. The van der Waals surface area contributed by atoms with Gasteiger partial charge in [0, 0.05) is 23.0 Å². The Labute approximate surface area is 392 Å². The standard InChI is InChI=1S/C59H43N5O/c1-59(2,3)44-31-32-61-57(34-44)64-53-30-27-43(40-17-8-5-9-18-40)33-52(53)51-29-28-47(38-56(51)64)65-48-36-45(60-4)35-46(37-48)62-39-63(55-26-15-14-25-54(55)62)58-49(41-19-10-6-11-20-41)23-16-24-50(58)42-21-12-7-13-22-42/h5-38H,1-3H3/i6D,7D,10D,11D,12D,13D,19D,20D,21D,22D. The SMILES string of the molecule is [2H]c1c([2H])c([2H])c(-c2cccc(-c3c([2H])c([2H])c([2H])c([2H])c3[2H])c2-[n+]2[c-]n(-c3cc([N+]#[C-])cc(Oc4ccc5c6cc(-c7ccccc7)ccc6n(-c6cc(C(C)(C)C)ccn6)c5c4)c3)c3ccccc32)c([2H])c1[2H]. The molecule has 0 radical (unpaired) electrons. The molecule has 0 amide bonds. The molecule has 0 aliphatic rings. The van der Waals surface area contributed by atoms with E-state index in [1.54, 1.807) is 57.7 Å². The maximum absolute atomic E-state index is 9.05. The summed E-state index contributed by atoms with van der Waals surface area (Å²) < 4.78 is 99.4. The first kappa shape index (κ1) is 29.7. The fourth-order valence-electron chi connectivity index (χ4n) is 8.46. The predicted octanol–water partition coefficient (Wildman–Crippen LogP) is 14.8. The Morgan fingerprint density at radius 2 is 1.34 bits per heavy atom. The molecule has 310 valence electrons. The number of hydrogen-bond acceptors (Lipinski definition) is 2. The highest BCUT2D eigenvalue weighted by Gasteiger charge is 2.22. The van der Waals surface area contributed by atoms with Gasteiger partial charge in [-0.1, -0.05) is 160 Å². The third kappa shape index (κ3) is 7.19. The molecule has 0 aliphatic carbocycles. The number of benzene rings is 8. The molecule has 6 heteroatoms. The highest BCUT2D eigenvalue weighted by molar-refractivity contribution is 6.10. The smallest absolute Gasteiger partial charge is 0.269 e. The van der Waals surface area contributed by atoms with Gasteiger partial charge in [0.1, 0.15) is 17.3 Å². The quantitative estimate of drug-likeness (QED) is 0.113. The number of imidazole rings is 1. The molecule has 6 nitrogen and oxygen atoms in total. The Kier molecular flexibility index (Phi) is 7.31. The van der Waals surface area contributed by atoms with Crippen LogP contribution in [0.15, 0.2) is 206 Å². The molecule has 0 saturated carbocycles. The molecule has 0 spiro atoms. The normalized spacial score (nSPS) is 13.8. The molecule has 11 rings (SSSR count). The lowest BCUT2D eigenvalue weighted by Gasteiger charge is -2.20. The molecule has 0 saturated heterocycles. The second kappa shape index (κ2) is 16.0. The van der Waals surface area contributed by atoms with Crippen LogP contribution in [0.1, 0.15) is 40.0 Å². The zero-order chi connectivity index (χ0) is 52.8. The van der Waals surface area contributed by atoms with Gasteiger partial charge in [-0.05, 0) is 99.0 Å². The molecular weight excluding hydrogens is 795 g/mol. The topological polar surface area (TPSA) is 40.2 Å². The van der Waals surface area contributed by atoms with Gasteiger partial charge < -0.3 is 4.74 Å². The number of fused-ring (bicyclic) bond motifs is 4. The summed E-state index contributed by atoms with van der Waals surface area (Å²) in [6, 6.07) is 38.2. The monoisotopic (exact) mass is 847 g/mol. The largest absolute Gasteiger partial charge is 0.459 e. The first-order valence-electron chi connectivity index (χ1n) is 26.0. The Morgan fingerprint density at radius 1 is 0.615 bits per heavy atom. The number of nitrogens with zero attached hydrogens (tertiary/aromatic N) is 5. The van der Waals surface area contributed by atoms with Crippen LogP contribution < -0.4 is 9.30 Å². The van der Waals surface area contributed by atoms with Crippen molar-refractivity contribution >= 4 is 38.5 Å². The third-order valence-corrected chi connectivity index (χ3v) is 11.5. The first-order valence-corrected chi connectivity index (χ1v) is 21.0. The van der Waals surface area contributed by atoms with E-state index in [2.05, 4.69) is 72.9 Å². The van der Waals surface area contributed by atoms with E-state index in [1.165, 1.54) is 0 Å². The summed E-state index contributed by atoms with van der Waals surface area (Å²) in [7, 11) is 0. The van der Waals surface area contributed by atoms with Crippen molar-refractivity contribution in [1.29, 1.82) is 0 Å². The van der Waals surface area contributed by atoms with E-state index in [0.717, 1.165) is 44.3 Å². The zero-order valence-corrected chi connectivity index (χ0v) is 35.5. The number of aromatic nitrogens is 4. The van der Waals surface area contributed by atoms with Gasteiger partial charge in [0.15, 0.2) is 5.69 Å². The molecule has 0 atom stereocenters. The summed E-state index contributed by atoms with van der Waals surface area (Å²) in [6.07, 6.45) is 5.23. The molecule has 0 fully saturated rings. The third-order valence-electron chi connectivity index (χ3n) is 11.5. The molecule has 65 heavy (non-hydrogen) atoms. The van der Waals surface area contributed by atoms with E-state index in [-0.39, 0.29) is 39.0 Å². The van der Waals surface area contributed by atoms with Gasteiger partial charge in [-0.3, -0.25) is 13.7 Å². The first-order chi connectivity index (χ1) is 35.9. The van der Waals surface area contributed by atoms with Crippen molar-refractivity contribution in [2.24, 2.45) is 0 Å². The number of hydrogen-bond donors (Lipinski definition) is 0. The van der Waals surface area contributed by atoms with Gasteiger partial charge in [0.2, 0.25) is 0 Å². The van der Waals surface area contributed by atoms with Gasteiger partial charge in [-0.15, -0.1) is 0 Å². The number of para-hydroxylation sites is 3. The average molecular weight is 848 g/mol. The molecule has 11 aromatic rings. The van der Waals surface area contributed by atoms with Crippen LogP contribution in [0.5, 0.6) is 11.5 Å². The second-order valence-corrected chi connectivity index (χ2v) is 16.6. The maximum atomic E-state index is 9.05. The molecule has 0 aliphatic heterocycles. The summed E-state index contributed by atoms with van der Waals surface area (Å²) >= 11 is 0. The highest BCUT2D eigenvalue weighted by atomic mass is 16.5. The zero-order valence-electron chi connectivity index (χ0n) is 45.5. The van der Waals surface area contributed by atoms with Gasteiger partial charge in [0.25, 0.3) is 6.33 Å². The Hall–Kier alpha value is -8.53. The van der Waals surface area contributed by atoms with Crippen molar-refractivity contribution in [3.63, 3.8) is 0 Å². The summed E-state index contributed by atoms with van der Waals surface area (Å²) in [5.41, 5.74) is 6.72. The predicted molar refractivity (Wildman–Crippen MR) is 264 cm³/mol. The maximum Gasteiger partial charge on any atom is 0.269 e. The van der Waals surface area contributed by atoms with Crippen LogP contribution in [0.3, 0.4) is 0 Å². The number of pyridine rings is 1. The fraction of sp³-hybridized carbons (Fsp3) is 0.0678.